The fourth-order valence-electron chi connectivity index (χ4n) is 7.29. The lowest BCUT2D eigenvalue weighted by Gasteiger charge is -2.38. The van der Waals surface area contributed by atoms with Gasteiger partial charge in [-0.3, -0.25) is 0 Å². The molecule has 3 rings (SSSR count). The predicted octanol–water partition coefficient (Wildman–Crippen LogP) is 8.67. The van der Waals surface area contributed by atoms with Crippen LogP contribution in [-0.2, 0) is 31.9 Å². The van der Waals surface area contributed by atoms with Crippen LogP contribution in [0.5, 0.6) is 0 Å². The van der Waals surface area contributed by atoms with Gasteiger partial charge in [0, 0.05) is 5.57 Å². The molecule has 1 aromatic carbocycles. The van der Waals surface area contributed by atoms with Crippen LogP contribution >= 0.6 is 0 Å². The van der Waals surface area contributed by atoms with E-state index in [1.54, 1.807) is 6.92 Å². The number of carbonyl (C=O) groups excluding carboxylic acids is 2. The highest BCUT2D eigenvalue weighted by Crippen LogP contribution is 2.43. The van der Waals surface area contributed by atoms with Crippen LogP contribution < -0.4 is 0 Å². The topological polar surface area (TPSA) is 72.8 Å². The SMILES string of the molecule is C=C(C)C(=O)OCC(COC(=O)C(=C)CO)c1ccc(CCC2CCC(C3CCC(CCCCC)CC3)CC2)c(CC)c1. The van der Waals surface area contributed by atoms with Crippen molar-refractivity contribution in [2.75, 3.05) is 19.8 Å². The summed E-state index contributed by atoms with van der Waals surface area (Å²) < 4.78 is 10.8. The van der Waals surface area contributed by atoms with Crippen LogP contribution in [0.4, 0.5) is 0 Å². The number of esters is 2. The molecule has 2 aliphatic carbocycles. The third-order valence-electron chi connectivity index (χ3n) is 10.2. The van der Waals surface area contributed by atoms with E-state index in [2.05, 4.69) is 45.2 Å². The summed E-state index contributed by atoms with van der Waals surface area (Å²) in [4.78, 5) is 24.2. The van der Waals surface area contributed by atoms with Crippen molar-refractivity contribution >= 4 is 11.9 Å². The van der Waals surface area contributed by atoms with E-state index in [-0.39, 0.29) is 24.7 Å². The number of hydrogen-bond donors (Lipinski definition) is 1. The van der Waals surface area contributed by atoms with Gasteiger partial charge in [-0.25, -0.2) is 9.59 Å². The molecular weight excluding hydrogens is 536 g/mol. The Hall–Kier alpha value is -2.40. The van der Waals surface area contributed by atoms with Gasteiger partial charge in [0.2, 0.25) is 0 Å². The molecule has 43 heavy (non-hydrogen) atoms. The second-order valence-corrected chi connectivity index (χ2v) is 13.4. The first-order valence-corrected chi connectivity index (χ1v) is 17.2. The lowest BCUT2D eigenvalue weighted by molar-refractivity contribution is -0.142. The van der Waals surface area contributed by atoms with Gasteiger partial charge in [-0.1, -0.05) is 96.6 Å². The summed E-state index contributed by atoms with van der Waals surface area (Å²) in [5.41, 5.74) is 3.98. The number of benzene rings is 1. The Balaban J connectivity index is 1.52. The van der Waals surface area contributed by atoms with E-state index in [0.29, 0.717) is 5.57 Å². The summed E-state index contributed by atoms with van der Waals surface area (Å²) in [6, 6.07) is 6.47. The Bertz CT molecular complexity index is 1040. The number of carbonyl (C=O) groups is 2. The minimum Gasteiger partial charge on any atom is -0.462 e. The van der Waals surface area contributed by atoms with Gasteiger partial charge >= 0.3 is 11.9 Å². The lowest BCUT2D eigenvalue weighted by atomic mass is 9.68. The molecule has 0 aliphatic heterocycles. The summed E-state index contributed by atoms with van der Waals surface area (Å²) in [6.45, 7) is 12.9. The molecule has 1 aromatic rings. The van der Waals surface area contributed by atoms with Crippen LogP contribution in [0.3, 0.4) is 0 Å². The smallest absolute Gasteiger partial charge is 0.335 e. The molecule has 2 fully saturated rings. The van der Waals surface area contributed by atoms with Crippen molar-refractivity contribution in [3.8, 4) is 0 Å². The van der Waals surface area contributed by atoms with Crippen molar-refractivity contribution in [3.05, 3.63) is 59.2 Å². The Kier molecular flexibility index (Phi) is 15.0. The number of ether oxygens (including phenoxy) is 2. The molecule has 5 heteroatoms. The van der Waals surface area contributed by atoms with Crippen LogP contribution in [0.15, 0.2) is 42.5 Å². The Labute approximate surface area is 261 Å². The zero-order valence-corrected chi connectivity index (χ0v) is 27.3. The van der Waals surface area contributed by atoms with E-state index in [0.717, 1.165) is 42.1 Å². The van der Waals surface area contributed by atoms with Gasteiger partial charge in [-0.2, -0.15) is 0 Å². The van der Waals surface area contributed by atoms with Crippen molar-refractivity contribution in [1.29, 1.82) is 0 Å². The average molecular weight is 595 g/mol. The van der Waals surface area contributed by atoms with Crippen molar-refractivity contribution in [2.24, 2.45) is 23.7 Å². The van der Waals surface area contributed by atoms with E-state index in [4.69, 9.17) is 9.47 Å². The maximum Gasteiger partial charge on any atom is 0.335 e. The third kappa shape index (κ3) is 11.2. The number of aliphatic hydroxyl groups excluding tert-OH is 1. The number of aliphatic hydroxyl groups is 1. The monoisotopic (exact) mass is 594 g/mol. The van der Waals surface area contributed by atoms with Crippen molar-refractivity contribution < 1.29 is 24.2 Å². The van der Waals surface area contributed by atoms with E-state index in [1.807, 2.05) is 0 Å². The van der Waals surface area contributed by atoms with Crippen LogP contribution in [0.25, 0.3) is 0 Å². The zero-order valence-electron chi connectivity index (χ0n) is 27.3. The first-order valence-electron chi connectivity index (χ1n) is 17.2. The van der Waals surface area contributed by atoms with E-state index in [9.17, 15) is 14.7 Å². The predicted molar refractivity (Wildman–Crippen MR) is 175 cm³/mol. The van der Waals surface area contributed by atoms with Gasteiger partial charge in [0.05, 0.1) is 18.1 Å². The fraction of sp³-hybridized carbons (Fsp3) is 0.684. The Morgan fingerprint density at radius 2 is 1.42 bits per heavy atom. The first-order chi connectivity index (χ1) is 20.7. The van der Waals surface area contributed by atoms with Crippen LogP contribution in [-0.4, -0.2) is 36.9 Å². The van der Waals surface area contributed by atoms with Gasteiger partial charge in [0.1, 0.15) is 13.2 Å². The van der Waals surface area contributed by atoms with E-state index in [1.165, 1.54) is 94.6 Å². The first kappa shape index (κ1) is 35.1. The number of unbranched alkanes of at least 4 members (excludes halogenated alkanes) is 2. The van der Waals surface area contributed by atoms with Gasteiger partial charge in [0.25, 0.3) is 0 Å². The molecule has 0 radical (unpaired) electrons. The van der Waals surface area contributed by atoms with Gasteiger partial charge in [-0.15, -0.1) is 0 Å². The summed E-state index contributed by atoms with van der Waals surface area (Å²) in [5, 5.41) is 9.20. The minimum absolute atomic E-state index is 0.00138. The molecule has 2 saturated carbocycles. The molecule has 1 N–H and O–H groups in total. The quantitative estimate of drug-likeness (QED) is 0.111. The van der Waals surface area contributed by atoms with Crippen LogP contribution in [0.1, 0.15) is 127 Å². The number of aryl methyl sites for hydroxylation is 2. The largest absolute Gasteiger partial charge is 0.462 e. The summed E-state index contributed by atoms with van der Waals surface area (Å²) in [7, 11) is 0. The molecule has 0 saturated heterocycles. The summed E-state index contributed by atoms with van der Waals surface area (Å²) in [5.74, 6) is 2.33. The lowest BCUT2D eigenvalue weighted by Crippen LogP contribution is -2.26. The molecule has 0 heterocycles. The number of hydrogen-bond acceptors (Lipinski definition) is 5. The zero-order chi connectivity index (χ0) is 31.2. The van der Waals surface area contributed by atoms with Crippen molar-refractivity contribution in [3.63, 3.8) is 0 Å². The second kappa shape index (κ2) is 18.4. The van der Waals surface area contributed by atoms with E-state index >= 15 is 0 Å². The van der Waals surface area contributed by atoms with Crippen LogP contribution in [0.2, 0.25) is 0 Å². The molecule has 5 nitrogen and oxygen atoms in total. The van der Waals surface area contributed by atoms with Crippen LogP contribution in [0, 0.1) is 23.7 Å². The molecule has 1 atom stereocenters. The Morgan fingerprint density at radius 3 is 1.95 bits per heavy atom. The summed E-state index contributed by atoms with van der Waals surface area (Å²) in [6.07, 6.45) is 20.4. The fourth-order valence-corrected chi connectivity index (χ4v) is 7.29. The maximum atomic E-state index is 12.1. The second-order valence-electron chi connectivity index (χ2n) is 13.4. The van der Waals surface area contributed by atoms with Gasteiger partial charge in [-0.05, 0) is 92.2 Å². The molecule has 2 aliphatic rings. The molecule has 0 spiro atoms. The molecular formula is C38H58O5. The van der Waals surface area contributed by atoms with Gasteiger partial charge in [0.15, 0.2) is 0 Å². The van der Waals surface area contributed by atoms with E-state index < -0.39 is 18.5 Å². The molecule has 0 amide bonds. The van der Waals surface area contributed by atoms with Crippen molar-refractivity contribution in [2.45, 2.75) is 123 Å². The minimum atomic E-state index is -0.643. The van der Waals surface area contributed by atoms with Gasteiger partial charge < -0.3 is 14.6 Å². The third-order valence-corrected chi connectivity index (χ3v) is 10.2. The molecule has 0 bridgehead atoms. The molecule has 240 valence electrons. The normalized spacial score (nSPS) is 22.9. The highest BCUT2D eigenvalue weighted by atomic mass is 16.5. The summed E-state index contributed by atoms with van der Waals surface area (Å²) >= 11 is 0. The highest BCUT2D eigenvalue weighted by Gasteiger charge is 2.30. The average Bonchev–Trinajstić information content (AvgIpc) is 3.03. The highest BCUT2D eigenvalue weighted by molar-refractivity contribution is 5.88. The maximum absolute atomic E-state index is 12.1. The van der Waals surface area contributed by atoms with Crippen molar-refractivity contribution in [1.82, 2.24) is 0 Å². The molecule has 0 aromatic heterocycles. The Morgan fingerprint density at radius 1 is 0.837 bits per heavy atom. The standard InChI is InChI=1S/C38H58O5/c1-6-8-9-10-29-11-17-33(18-12-29)34-19-14-30(15-20-34)13-16-32-21-22-35(23-31(32)7-2)36(25-42-37(40)27(3)4)26-43-38(41)28(5)24-39/h21-23,29-30,33-34,36,39H,3,5-20,24-26H2,1-2,4H3. The number of rotatable bonds is 17. The molecule has 1 unspecified atom stereocenters.